The van der Waals surface area contributed by atoms with Crippen molar-refractivity contribution in [1.29, 1.82) is 0 Å². The molecule has 3 aromatic rings. The van der Waals surface area contributed by atoms with Crippen LogP contribution in [-0.4, -0.2) is 147 Å². The van der Waals surface area contributed by atoms with Crippen LogP contribution in [0.4, 0.5) is 5.69 Å². The molecule has 53 heavy (non-hydrogen) atoms. The van der Waals surface area contributed by atoms with Crippen molar-refractivity contribution >= 4 is 28.4 Å². The maximum absolute atomic E-state index is 13.9. The molecule has 0 radical (unpaired) electrons. The van der Waals surface area contributed by atoms with Crippen molar-refractivity contribution in [3.05, 3.63) is 69.8 Å². The van der Waals surface area contributed by atoms with Gasteiger partial charge in [-0.1, -0.05) is 37.3 Å². The molecule has 0 bridgehead atoms. The molecule has 2 aromatic carbocycles. The highest BCUT2D eigenvalue weighted by atomic mass is 16.5. The Kier molecular flexibility index (Phi) is 16.2. The SMILES string of the molecule is CC[C@H](C(=O)Nc1ccccc1C)N1CCOCCOCCN(Cc2nc3c(C)cccc3c(=O)n2CC(=O)N2CCOCC2)CCOCCOCC1.[HH]. The van der Waals surface area contributed by atoms with Crippen molar-refractivity contribution in [2.75, 3.05) is 111 Å². The lowest BCUT2D eigenvalue weighted by atomic mass is 10.1. The maximum Gasteiger partial charge on any atom is 0.261 e. The first-order valence-corrected chi connectivity index (χ1v) is 18.8. The molecule has 2 amide bonds. The Labute approximate surface area is 313 Å². The van der Waals surface area contributed by atoms with E-state index in [9.17, 15) is 14.4 Å². The van der Waals surface area contributed by atoms with Gasteiger partial charge in [0.15, 0.2) is 0 Å². The van der Waals surface area contributed by atoms with E-state index in [1.165, 1.54) is 4.57 Å². The van der Waals surface area contributed by atoms with Crippen molar-refractivity contribution in [3.63, 3.8) is 0 Å². The fourth-order valence-electron chi connectivity index (χ4n) is 6.59. The Balaban J connectivity index is 0.00000650. The molecular formula is C39H58N6O8. The number of carbonyl (C=O) groups excluding carboxylic acids is 2. The van der Waals surface area contributed by atoms with E-state index in [4.69, 9.17) is 28.7 Å². The predicted octanol–water partition coefficient (Wildman–Crippen LogP) is 2.72. The van der Waals surface area contributed by atoms with Crippen molar-refractivity contribution in [2.24, 2.45) is 0 Å². The van der Waals surface area contributed by atoms with Gasteiger partial charge in [0.05, 0.1) is 89.6 Å². The number of benzene rings is 2. The van der Waals surface area contributed by atoms with E-state index in [-0.39, 0.29) is 31.4 Å². The van der Waals surface area contributed by atoms with Gasteiger partial charge in [-0.05, 0) is 43.5 Å². The number of carbonyl (C=O) groups is 2. The largest absolute Gasteiger partial charge is 0.378 e. The van der Waals surface area contributed by atoms with Gasteiger partial charge in [-0.15, -0.1) is 0 Å². The minimum absolute atomic E-state index is 0. The number of rotatable bonds is 8. The fourth-order valence-corrected chi connectivity index (χ4v) is 6.59. The van der Waals surface area contributed by atoms with Crippen LogP contribution in [0, 0.1) is 13.8 Å². The molecule has 2 saturated heterocycles. The molecule has 2 fully saturated rings. The van der Waals surface area contributed by atoms with Crippen LogP contribution in [0.1, 0.15) is 31.7 Å². The molecule has 3 heterocycles. The monoisotopic (exact) mass is 738 g/mol. The topological polar surface area (TPSA) is 137 Å². The van der Waals surface area contributed by atoms with E-state index in [2.05, 4.69) is 15.1 Å². The van der Waals surface area contributed by atoms with Crippen molar-refractivity contribution in [2.45, 2.75) is 46.3 Å². The minimum Gasteiger partial charge on any atom is -0.378 e. The number of ether oxygens (including phenoxy) is 5. The summed E-state index contributed by atoms with van der Waals surface area (Å²) < 4.78 is 30.8. The van der Waals surface area contributed by atoms with Crippen molar-refractivity contribution < 1.29 is 34.7 Å². The number of aryl methyl sites for hydroxylation is 2. The molecule has 0 saturated carbocycles. The summed E-state index contributed by atoms with van der Waals surface area (Å²) in [6, 6.07) is 13.0. The van der Waals surface area contributed by atoms with E-state index in [1.54, 1.807) is 11.0 Å². The molecule has 292 valence electrons. The summed E-state index contributed by atoms with van der Waals surface area (Å²) in [5, 5.41) is 3.59. The number of hydrogen-bond donors (Lipinski definition) is 1. The third-order valence-corrected chi connectivity index (χ3v) is 9.71. The molecule has 1 atom stereocenters. The lowest BCUT2D eigenvalue weighted by molar-refractivity contribution is -0.136. The first kappa shape index (κ1) is 40.4. The van der Waals surface area contributed by atoms with E-state index < -0.39 is 0 Å². The van der Waals surface area contributed by atoms with Gasteiger partial charge in [0.2, 0.25) is 11.8 Å². The number of morpholine rings is 1. The van der Waals surface area contributed by atoms with Crippen LogP contribution in [0.3, 0.4) is 0 Å². The summed E-state index contributed by atoms with van der Waals surface area (Å²) in [6.07, 6.45) is 0.648. The van der Waals surface area contributed by atoms with E-state index >= 15 is 0 Å². The predicted molar refractivity (Wildman–Crippen MR) is 204 cm³/mol. The first-order valence-electron chi connectivity index (χ1n) is 18.8. The van der Waals surface area contributed by atoms with Gasteiger partial charge < -0.3 is 33.9 Å². The van der Waals surface area contributed by atoms with Gasteiger partial charge >= 0.3 is 0 Å². The van der Waals surface area contributed by atoms with E-state index in [0.29, 0.717) is 135 Å². The second kappa shape index (κ2) is 21.2. The summed E-state index contributed by atoms with van der Waals surface area (Å²) in [4.78, 5) is 51.5. The molecule has 1 aromatic heterocycles. The molecule has 0 spiro atoms. The van der Waals surface area contributed by atoms with Gasteiger partial charge in [0.1, 0.15) is 12.4 Å². The fraction of sp³-hybridized carbons (Fsp3) is 0.590. The molecule has 2 aliphatic heterocycles. The van der Waals surface area contributed by atoms with E-state index in [1.807, 2.05) is 57.2 Å². The van der Waals surface area contributed by atoms with Crippen molar-refractivity contribution in [1.82, 2.24) is 24.3 Å². The summed E-state index contributed by atoms with van der Waals surface area (Å²) in [7, 11) is 0. The molecule has 1 N–H and O–H groups in total. The zero-order valence-electron chi connectivity index (χ0n) is 31.6. The zero-order chi connectivity index (χ0) is 37.4. The van der Waals surface area contributed by atoms with Crippen LogP contribution in [0.2, 0.25) is 0 Å². The van der Waals surface area contributed by atoms with Crippen LogP contribution >= 0.6 is 0 Å². The number of fused-ring (bicyclic) bond motifs is 1. The smallest absolute Gasteiger partial charge is 0.261 e. The highest BCUT2D eigenvalue weighted by Crippen LogP contribution is 2.17. The average molecular weight is 739 g/mol. The first-order chi connectivity index (χ1) is 25.9. The van der Waals surface area contributed by atoms with Gasteiger partial charge in [0, 0.05) is 46.4 Å². The number of nitrogens with zero attached hydrogens (tertiary/aromatic N) is 5. The Morgan fingerprint density at radius 2 is 1.32 bits per heavy atom. The lowest BCUT2D eigenvalue weighted by Gasteiger charge is -2.30. The molecule has 5 rings (SSSR count). The Hall–Kier alpha value is -3.76. The van der Waals surface area contributed by atoms with Gasteiger partial charge in [0.25, 0.3) is 5.56 Å². The highest BCUT2D eigenvalue weighted by molar-refractivity contribution is 5.95. The van der Waals surface area contributed by atoms with Crippen LogP contribution in [0.15, 0.2) is 47.3 Å². The van der Waals surface area contributed by atoms with Crippen molar-refractivity contribution in [3.8, 4) is 0 Å². The number of aromatic nitrogens is 2. The summed E-state index contributed by atoms with van der Waals surface area (Å²) in [5.74, 6) is 0.348. The average Bonchev–Trinajstić information content (AvgIpc) is 3.16. The Morgan fingerprint density at radius 1 is 0.755 bits per heavy atom. The van der Waals surface area contributed by atoms with Gasteiger partial charge in [-0.3, -0.25) is 28.8 Å². The summed E-state index contributed by atoms with van der Waals surface area (Å²) >= 11 is 0. The van der Waals surface area contributed by atoms with E-state index in [0.717, 1.165) is 16.8 Å². The van der Waals surface area contributed by atoms with Crippen LogP contribution in [0.25, 0.3) is 10.9 Å². The second-order valence-corrected chi connectivity index (χ2v) is 13.4. The highest BCUT2D eigenvalue weighted by Gasteiger charge is 2.25. The molecule has 14 heteroatoms. The number of hydrogen-bond acceptors (Lipinski definition) is 11. The van der Waals surface area contributed by atoms with Crippen LogP contribution < -0.4 is 10.9 Å². The Morgan fingerprint density at radius 3 is 1.94 bits per heavy atom. The maximum atomic E-state index is 13.9. The number of anilines is 1. The Bertz CT molecular complexity index is 1670. The van der Waals surface area contributed by atoms with Gasteiger partial charge in [-0.25, -0.2) is 4.98 Å². The van der Waals surface area contributed by atoms with Crippen LogP contribution in [0.5, 0.6) is 0 Å². The van der Waals surface area contributed by atoms with Crippen LogP contribution in [-0.2, 0) is 46.4 Å². The normalized spacial score (nSPS) is 19.0. The molecule has 14 nitrogen and oxygen atoms in total. The molecule has 0 aliphatic carbocycles. The zero-order valence-corrected chi connectivity index (χ0v) is 31.6. The lowest BCUT2D eigenvalue weighted by Crippen LogP contribution is -2.46. The number of amides is 2. The minimum atomic E-state index is -0.333. The quantitative estimate of drug-likeness (QED) is 0.366. The molecule has 0 unspecified atom stereocenters. The van der Waals surface area contributed by atoms with Gasteiger partial charge in [-0.2, -0.15) is 0 Å². The summed E-state index contributed by atoms with van der Waals surface area (Å²) in [6.45, 7) is 13.8. The third-order valence-electron chi connectivity index (χ3n) is 9.71. The number of nitrogens with one attached hydrogen (secondary N) is 1. The second-order valence-electron chi connectivity index (χ2n) is 13.4. The summed E-state index contributed by atoms with van der Waals surface area (Å²) in [5.41, 5.74) is 3.14. The molecular weight excluding hydrogens is 680 g/mol. The number of para-hydroxylation sites is 2. The standard InChI is InChI=1S/C39H56N6O8.H2/c1-4-34(38(47)40-33-11-6-5-8-30(33)2)43-14-20-52-26-24-50-18-12-42(13-19-51-25-27-53-21-15-43)28-35-41-37-31(3)9-7-10-32(37)39(48)45(35)29-36(46)44-16-22-49-23-17-44;/h5-11,34H,4,12-29H2,1-3H3,(H,40,47);1H/t34-;/m1./s1. The third kappa shape index (κ3) is 11.9. The molecule has 2 aliphatic rings.